The number of rotatable bonds is 5. The third-order valence-corrected chi connectivity index (χ3v) is 3.75. The van der Waals surface area contributed by atoms with E-state index in [1.807, 2.05) is 43.5 Å². The third-order valence-electron chi connectivity index (χ3n) is 3.75. The molecule has 1 atom stereocenters. The van der Waals surface area contributed by atoms with Crippen LogP contribution in [0, 0.1) is 5.92 Å². The van der Waals surface area contributed by atoms with Crippen LogP contribution in [0.2, 0.25) is 0 Å². The molecule has 1 N–H and O–H groups in total. The van der Waals surface area contributed by atoms with Crippen LogP contribution in [0.25, 0.3) is 11.1 Å². The molecule has 4 nitrogen and oxygen atoms in total. The molecule has 3 rings (SSSR count). The van der Waals surface area contributed by atoms with Crippen molar-refractivity contribution in [1.82, 2.24) is 15.1 Å². The molecule has 4 heteroatoms. The second-order valence-corrected chi connectivity index (χ2v) is 5.44. The molecule has 0 aliphatic heterocycles. The van der Waals surface area contributed by atoms with Crippen LogP contribution in [0.3, 0.4) is 0 Å². The van der Waals surface area contributed by atoms with Gasteiger partial charge in [0.05, 0.1) is 6.20 Å². The lowest BCUT2D eigenvalue weighted by Gasteiger charge is -2.12. The van der Waals surface area contributed by atoms with Gasteiger partial charge in [-0.3, -0.25) is 9.48 Å². The fourth-order valence-corrected chi connectivity index (χ4v) is 2.16. The van der Waals surface area contributed by atoms with E-state index in [1.165, 1.54) is 12.8 Å². The van der Waals surface area contributed by atoms with Gasteiger partial charge >= 0.3 is 0 Å². The van der Waals surface area contributed by atoms with Crippen molar-refractivity contribution < 1.29 is 4.79 Å². The zero-order chi connectivity index (χ0) is 13.9. The highest BCUT2D eigenvalue weighted by Gasteiger charge is 2.23. The Kier molecular flexibility index (Phi) is 3.54. The predicted octanol–water partition coefficient (Wildman–Crippen LogP) is 2.64. The van der Waals surface area contributed by atoms with Gasteiger partial charge in [0, 0.05) is 18.3 Å². The highest BCUT2D eigenvalue weighted by atomic mass is 16.2. The monoisotopic (exact) mass is 269 g/mol. The van der Waals surface area contributed by atoms with E-state index in [0.717, 1.165) is 17.7 Å². The van der Waals surface area contributed by atoms with Crippen LogP contribution in [0.4, 0.5) is 0 Å². The van der Waals surface area contributed by atoms with E-state index >= 15 is 0 Å². The molecule has 0 spiro atoms. The number of aromatic nitrogens is 2. The first-order chi connectivity index (χ1) is 9.74. The van der Waals surface area contributed by atoms with Crippen molar-refractivity contribution in [3.05, 3.63) is 42.7 Å². The van der Waals surface area contributed by atoms with Gasteiger partial charge < -0.3 is 5.32 Å². The van der Waals surface area contributed by atoms with Crippen LogP contribution in [0.1, 0.15) is 25.8 Å². The fraction of sp³-hybridized carbons (Fsp3) is 0.375. The summed E-state index contributed by atoms with van der Waals surface area (Å²) in [5.41, 5.74) is 2.15. The van der Waals surface area contributed by atoms with Crippen molar-refractivity contribution >= 4 is 5.91 Å². The molecule has 1 amide bonds. The normalized spacial score (nSPS) is 15.8. The van der Waals surface area contributed by atoms with Crippen molar-refractivity contribution in [1.29, 1.82) is 0 Å². The van der Waals surface area contributed by atoms with Gasteiger partial charge in [0.15, 0.2) is 0 Å². The molecule has 1 aliphatic rings. The molecular weight excluding hydrogens is 250 g/mol. The molecule has 104 valence electrons. The SMILES string of the molecule is C[C@H](C(=O)NCC1CC1)n1cc(-c2ccccc2)cn1. The Balaban J connectivity index is 1.67. The maximum absolute atomic E-state index is 12.0. The second-order valence-electron chi connectivity index (χ2n) is 5.44. The number of nitrogens with one attached hydrogen (secondary N) is 1. The predicted molar refractivity (Wildman–Crippen MR) is 78.1 cm³/mol. The molecule has 20 heavy (non-hydrogen) atoms. The molecule has 1 saturated carbocycles. The Bertz CT molecular complexity index is 587. The standard InChI is InChI=1S/C16H19N3O/c1-12(16(20)17-9-13-7-8-13)19-11-15(10-18-19)14-5-3-2-4-6-14/h2-6,10-13H,7-9H2,1H3,(H,17,20)/t12-/m1/s1. The lowest BCUT2D eigenvalue weighted by Crippen LogP contribution is -2.32. The number of nitrogens with zero attached hydrogens (tertiary/aromatic N) is 2. The third kappa shape index (κ3) is 2.90. The van der Waals surface area contributed by atoms with Crippen LogP contribution in [-0.2, 0) is 4.79 Å². The van der Waals surface area contributed by atoms with Gasteiger partial charge in [0.25, 0.3) is 0 Å². The average molecular weight is 269 g/mol. The summed E-state index contributed by atoms with van der Waals surface area (Å²) in [6.45, 7) is 2.68. The smallest absolute Gasteiger partial charge is 0.244 e. The fourth-order valence-electron chi connectivity index (χ4n) is 2.16. The number of carbonyl (C=O) groups excluding carboxylic acids is 1. The average Bonchev–Trinajstić information content (AvgIpc) is 3.19. The molecule has 0 saturated heterocycles. The van der Waals surface area contributed by atoms with E-state index in [9.17, 15) is 4.79 Å². The van der Waals surface area contributed by atoms with E-state index in [2.05, 4.69) is 10.4 Å². The van der Waals surface area contributed by atoms with Crippen LogP contribution in [0.5, 0.6) is 0 Å². The first kappa shape index (κ1) is 12.9. The van der Waals surface area contributed by atoms with E-state index < -0.39 is 0 Å². The molecule has 1 aliphatic carbocycles. The van der Waals surface area contributed by atoms with Crippen molar-refractivity contribution in [2.24, 2.45) is 5.92 Å². The maximum atomic E-state index is 12.0. The number of carbonyl (C=O) groups is 1. The summed E-state index contributed by atoms with van der Waals surface area (Å²) in [6, 6.07) is 9.79. The summed E-state index contributed by atoms with van der Waals surface area (Å²) in [4.78, 5) is 12.0. The number of hydrogen-bond donors (Lipinski definition) is 1. The van der Waals surface area contributed by atoms with Gasteiger partial charge in [-0.15, -0.1) is 0 Å². The highest BCUT2D eigenvalue weighted by Crippen LogP contribution is 2.27. The summed E-state index contributed by atoms with van der Waals surface area (Å²) in [5, 5.41) is 7.30. The Labute approximate surface area is 118 Å². The first-order valence-electron chi connectivity index (χ1n) is 7.11. The minimum absolute atomic E-state index is 0.0413. The largest absolute Gasteiger partial charge is 0.354 e. The Morgan fingerprint density at radius 3 is 2.80 bits per heavy atom. The Morgan fingerprint density at radius 2 is 2.10 bits per heavy atom. The van der Waals surface area contributed by atoms with Crippen LogP contribution < -0.4 is 5.32 Å². The summed E-state index contributed by atoms with van der Waals surface area (Å²) < 4.78 is 1.73. The molecule has 1 heterocycles. The topological polar surface area (TPSA) is 46.9 Å². The summed E-state index contributed by atoms with van der Waals surface area (Å²) in [5.74, 6) is 0.739. The van der Waals surface area contributed by atoms with Gasteiger partial charge in [0.1, 0.15) is 6.04 Å². The summed E-state index contributed by atoms with van der Waals surface area (Å²) in [6.07, 6.45) is 6.22. The van der Waals surface area contributed by atoms with Crippen molar-refractivity contribution in [2.45, 2.75) is 25.8 Å². The quantitative estimate of drug-likeness (QED) is 0.907. The van der Waals surface area contributed by atoms with Gasteiger partial charge in [0.2, 0.25) is 5.91 Å². The molecule has 2 aromatic rings. The number of benzene rings is 1. The van der Waals surface area contributed by atoms with Crippen molar-refractivity contribution in [2.75, 3.05) is 6.54 Å². The molecule has 1 aromatic carbocycles. The summed E-state index contributed by atoms with van der Waals surface area (Å²) in [7, 11) is 0. The molecular formula is C16H19N3O. The highest BCUT2D eigenvalue weighted by molar-refractivity contribution is 5.80. The Hall–Kier alpha value is -2.10. The molecule has 0 unspecified atom stereocenters. The summed E-state index contributed by atoms with van der Waals surface area (Å²) >= 11 is 0. The maximum Gasteiger partial charge on any atom is 0.244 e. The number of amides is 1. The zero-order valence-corrected chi connectivity index (χ0v) is 11.6. The van der Waals surface area contributed by atoms with Crippen molar-refractivity contribution in [3.63, 3.8) is 0 Å². The van der Waals surface area contributed by atoms with E-state index in [4.69, 9.17) is 0 Å². The molecule has 0 radical (unpaired) electrons. The van der Waals surface area contributed by atoms with Gasteiger partial charge in [-0.1, -0.05) is 30.3 Å². The first-order valence-corrected chi connectivity index (χ1v) is 7.11. The molecule has 0 bridgehead atoms. The van der Waals surface area contributed by atoms with Gasteiger partial charge in [-0.25, -0.2) is 0 Å². The lowest BCUT2D eigenvalue weighted by molar-refractivity contribution is -0.124. The molecule has 1 fully saturated rings. The van der Waals surface area contributed by atoms with Crippen LogP contribution in [0.15, 0.2) is 42.7 Å². The number of hydrogen-bond acceptors (Lipinski definition) is 2. The van der Waals surface area contributed by atoms with Crippen LogP contribution in [-0.4, -0.2) is 22.2 Å². The van der Waals surface area contributed by atoms with Crippen molar-refractivity contribution in [3.8, 4) is 11.1 Å². The van der Waals surface area contributed by atoms with E-state index in [0.29, 0.717) is 5.92 Å². The van der Waals surface area contributed by atoms with E-state index in [1.54, 1.807) is 10.9 Å². The zero-order valence-electron chi connectivity index (χ0n) is 11.6. The minimum Gasteiger partial charge on any atom is -0.354 e. The van der Waals surface area contributed by atoms with Crippen LogP contribution >= 0.6 is 0 Å². The second kappa shape index (κ2) is 5.49. The van der Waals surface area contributed by atoms with Gasteiger partial charge in [-0.2, -0.15) is 5.10 Å². The minimum atomic E-state index is -0.272. The van der Waals surface area contributed by atoms with Gasteiger partial charge in [-0.05, 0) is 31.2 Å². The molecule has 1 aromatic heterocycles. The Morgan fingerprint density at radius 1 is 1.35 bits per heavy atom. The van der Waals surface area contributed by atoms with E-state index in [-0.39, 0.29) is 11.9 Å². The lowest BCUT2D eigenvalue weighted by atomic mass is 10.1.